The van der Waals surface area contributed by atoms with Gasteiger partial charge in [-0.15, -0.1) is 6.58 Å². The summed E-state index contributed by atoms with van der Waals surface area (Å²) >= 11 is 0. The van der Waals surface area contributed by atoms with Crippen molar-refractivity contribution in [2.45, 2.75) is 46.1 Å². The predicted molar refractivity (Wildman–Crippen MR) is 65.6 cm³/mol. The van der Waals surface area contributed by atoms with Gasteiger partial charge in [0.15, 0.2) is 0 Å². The Morgan fingerprint density at radius 1 is 1.14 bits per heavy atom. The number of rotatable bonds is 8. The monoisotopic (exact) mass is 195 g/mol. The van der Waals surface area contributed by atoms with Crippen molar-refractivity contribution in [3.8, 4) is 0 Å². The summed E-state index contributed by atoms with van der Waals surface area (Å²) in [5, 5.41) is 0. The molecule has 0 aliphatic rings. The molecule has 0 N–H and O–H groups in total. The third-order valence-electron chi connectivity index (χ3n) is 2.25. The zero-order valence-electron chi connectivity index (χ0n) is 10.00. The molecule has 1 atom stereocenters. The SMILES string of the molecule is C=CC(C=CCC)N(CCC)CCC. The van der Waals surface area contributed by atoms with Gasteiger partial charge in [0.05, 0.1) is 0 Å². The molecule has 0 saturated carbocycles. The molecule has 1 nitrogen and oxygen atoms in total. The maximum absolute atomic E-state index is 3.91. The van der Waals surface area contributed by atoms with E-state index in [-0.39, 0.29) is 0 Å². The van der Waals surface area contributed by atoms with Crippen molar-refractivity contribution in [1.82, 2.24) is 4.90 Å². The smallest absolute Gasteiger partial charge is 0.0459 e. The third-order valence-corrected chi connectivity index (χ3v) is 2.25. The van der Waals surface area contributed by atoms with Crippen LogP contribution in [0.2, 0.25) is 0 Å². The van der Waals surface area contributed by atoms with Crippen LogP contribution in [-0.4, -0.2) is 24.0 Å². The van der Waals surface area contributed by atoms with Gasteiger partial charge in [-0.2, -0.15) is 0 Å². The molecule has 1 heteroatoms. The molecule has 14 heavy (non-hydrogen) atoms. The van der Waals surface area contributed by atoms with Gasteiger partial charge in [0, 0.05) is 6.04 Å². The lowest BCUT2D eigenvalue weighted by Crippen LogP contribution is -2.33. The molecule has 0 saturated heterocycles. The lowest BCUT2D eigenvalue weighted by molar-refractivity contribution is 0.260. The van der Waals surface area contributed by atoms with Crippen molar-refractivity contribution in [1.29, 1.82) is 0 Å². The molecule has 1 unspecified atom stereocenters. The first-order valence-electron chi connectivity index (χ1n) is 5.83. The molecule has 0 aromatic carbocycles. The molecule has 0 aromatic heterocycles. The van der Waals surface area contributed by atoms with Gasteiger partial charge in [-0.05, 0) is 32.4 Å². The zero-order valence-corrected chi connectivity index (χ0v) is 10.00. The molecule has 0 aliphatic heterocycles. The highest BCUT2D eigenvalue weighted by Crippen LogP contribution is 2.05. The van der Waals surface area contributed by atoms with Gasteiger partial charge >= 0.3 is 0 Å². The van der Waals surface area contributed by atoms with Gasteiger partial charge in [0.1, 0.15) is 0 Å². The second-order valence-electron chi connectivity index (χ2n) is 3.60. The van der Waals surface area contributed by atoms with Crippen LogP contribution in [0.1, 0.15) is 40.0 Å². The third kappa shape index (κ3) is 5.23. The molecular formula is C13H25N. The number of hydrogen-bond donors (Lipinski definition) is 0. The molecule has 0 radical (unpaired) electrons. The highest BCUT2D eigenvalue weighted by atomic mass is 15.1. The van der Waals surface area contributed by atoms with Crippen molar-refractivity contribution < 1.29 is 0 Å². The largest absolute Gasteiger partial charge is 0.293 e. The Kier molecular flexibility index (Phi) is 8.65. The first-order valence-corrected chi connectivity index (χ1v) is 5.83. The summed E-state index contributed by atoms with van der Waals surface area (Å²) in [7, 11) is 0. The Hall–Kier alpha value is -0.560. The summed E-state index contributed by atoms with van der Waals surface area (Å²) in [6.45, 7) is 12.9. The van der Waals surface area contributed by atoms with E-state index in [1.165, 1.54) is 25.9 Å². The van der Waals surface area contributed by atoms with E-state index >= 15 is 0 Å². The van der Waals surface area contributed by atoms with Crippen LogP contribution in [0.4, 0.5) is 0 Å². The van der Waals surface area contributed by atoms with E-state index in [9.17, 15) is 0 Å². The second-order valence-corrected chi connectivity index (χ2v) is 3.60. The zero-order chi connectivity index (χ0) is 10.8. The molecule has 0 heterocycles. The molecule has 0 aliphatic carbocycles. The van der Waals surface area contributed by atoms with Crippen molar-refractivity contribution in [3.63, 3.8) is 0 Å². The maximum atomic E-state index is 3.91. The molecule has 0 aromatic rings. The van der Waals surface area contributed by atoms with Crippen LogP contribution in [0.15, 0.2) is 24.8 Å². The Labute approximate surface area is 89.5 Å². The fraction of sp³-hybridized carbons (Fsp3) is 0.692. The topological polar surface area (TPSA) is 3.24 Å². The van der Waals surface area contributed by atoms with E-state index in [0.717, 1.165) is 6.42 Å². The Balaban J connectivity index is 4.24. The van der Waals surface area contributed by atoms with Crippen LogP contribution in [-0.2, 0) is 0 Å². The minimum Gasteiger partial charge on any atom is -0.293 e. The van der Waals surface area contributed by atoms with E-state index in [1.807, 2.05) is 6.08 Å². The van der Waals surface area contributed by atoms with E-state index in [4.69, 9.17) is 0 Å². The molecule has 0 amide bonds. The minimum absolute atomic E-state index is 0.426. The van der Waals surface area contributed by atoms with E-state index in [2.05, 4.69) is 44.4 Å². The van der Waals surface area contributed by atoms with Crippen LogP contribution in [0.3, 0.4) is 0 Å². The Morgan fingerprint density at radius 2 is 1.71 bits per heavy atom. The highest BCUT2D eigenvalue weighted by molar-refractivity contribution is 5.03. The quantitative estimate of drug-likeness (QED) is 0.535. The summed E-state index contributed by atoms with van der Waals surface area (Å²) in [6.07, 6.45) is 10.1. The van der Waals surface area contributed by atoms with E-state index in [1.54, 1.807) is 0 Å². The van der Waals surface area contributed by atoms with E-state index in [0.29, 0.717) is 6.04 Å². The maximum Gasteiger partial charge on any atom is 0.0459 e. The fourth-order valence-corrected chi connectivity index (χ4v) is 1.61. The lowest BCUT2D eigenvalue weighted by Gasteiger charge is -2.26. The molecule has 0 fully saturated rings. The summed E-state index contributed by atoms with van der Waals surface area (Å²) < 4.78 is 0. The molecule has 0 rings (SSSR count). The lowest BCUT2D eigenvalue weighted by atomic mass is 10.2. The van der Waals surface area contributed by atoms with Gasteiger partial charge in [-0.25, -0.2) is 0 Å². The number of nitrogens with zero attached hydrogens (tertiary/aromatic N) is 1. The van der Waals surface area contributed by atoms with Gasteiger partial charge in [-0.1, -0.05) is 39.0 Å². The van der Waals surface area contributed by atoms with Crippen molar-refractivity contribution >= 4 is 0 Å². The summed E-state index contributed by atoms with van der Waals surface area (Å²) in [5.74, 6) is 0. The summed E-state index contributed by atoms with van der Waals surface area (Å²) in [4.78, 5) is 2.49. The second kappa shape index (κ2) is 9.01. The van der Waals surface area contributed by atoms with Gasteiger partial charge in [0.25, 0.3) is 0 Å². The van der Waals surface area contributed by atoms with Crippen molar-refractivity contribution in [2.75, 3.05) is 13.1 Å². The number of allylic oxidation sites excluding steroid dienone is 1. The van der Waals surface area contributed by atoms with Crippen molar-refractivity contribution in [2.24, 2.45) is 0 Å². The van der Waals surface area contributed by atoms with E-state index < -0.39 is 0 Å². The molecular weight excluding hydrogens is 170 g/mol. The Morgan fingerprint density at radius 3 is 2.07 bits per heavy atom. The van der Waals surface area contributed by atoms with Gasteiger partial charge in [-0.3, -0.25) is 4.90 Å². The average Bonchev–Trinajstić information content (AvgIpc) is 2.19. The normalized spacial score (nSPS) is 13.7. The first-order chi connectivity index (χ1) is 6.79. The standard InChI is InChI=1S/C13H25N/c1-5-9-10-13(8-4)14(11-6-2)12-7-3/h8-10,13H,4-7,11-12H2,1-3H3. The summed E-state index contributed by atoms with van der Waals surface area (Å²) in [6, 6.07) is 0.426. The van der Waals surface area contributed by atoms with Gasteiger partial charge in [0.2, 0.25) is 0 Å². The minimum atomic E-state index is 0.426. The van der Waals surface area contributed by atoms with Crippen molar-refractivity contribution in [3.05, 3.63) is 24.8 Å². The average molecular weight is 195 g/mol. The predicted octanol–water partition coefficient (Wildman–Crippen LogP) is 3.63. The van der Waals surface area contributed by atoms with Crippen LogP contribution in [0.5, 0.6) is 0 Å². The molecule has 0 bridgehead atoms. The van der Waals surface area contributed by atoms with Crippen LogP contribution < -0.4 is 0 Å². The summed E-state index contributed by atoms with van der Waals surface area (Å²) in [5.41, 5.74) is 0. The number of hydrogen-bond acceptors (Lipinski definition) is 1. The molecule has 82 valence electrons. The first kappa shape index (κ1) is 13.4. The van der Waals surface area contributed by atoms with Crippen LogP contribution in [0.25, 0.3) is 0 Å². The fourth-order valence-electron chi connectivity index (χ4n) is 1.61. The highest BCUT2D eigenvalue weighted by Gasteiger charge is 2.09. The Bertz CT molecular complexity index is 155. The van der Waals surface area contributed by atoms with Crippen LogP contribution in [0, 0.1) is 0 Å². The molecule has 0 spiro atoms. The van der Waals surface area contributed by atoms with Gasteiger partial charge < -0.3 is 0 Å². The van der Waals surface area contributed by atoms with Crippen LogP contribution >= 0.6 is 0 Å².